The van der Waals surface area contributed by atoms with Crippen molar-refractivity contribution in [2.24, 2.45) is 11.1 Å². The van der Waals surface area contributed by atoms with E-state index in [2.05, 4.69) is 4.72 Å². The van der Waals surface area contributed by atoms with Crippen molar-refractivity contribution in [1.29, 1.82) is 5.26 Å². The molecule has 1 unspecified atom stereocenters. The van der Waals surface area contributed by atoms with Gasteiger partial charge in [0.05, 0.1) is 16.5 Å². The van der Waals surface area contributed by atoms with Crippen molar-refractivity contribution in [2.45, 2.75) is 38.6 Å². The van der Waals surface area contributed by atoms with Gasteiger partial charge >= 0.3 is 0 Å². The number of benzene rings is 1. The lowest BCUT2D eigenvalue weighted by Crippen LogP contribution is -2.48. The van der Waals surface area contributed by atoms with Crippen molar-refractivity contribution in [3.63, 3.8) is 0 Å². The molecule has 0 saturated carbocycles. The first-order chi connectivity index (χ1) is 9.11. The summed E-state index contributed by atoms with van der Waals surface area (Å²) < 4.78 is 27.6. The van der Waals surface area contributed by atoms with Crippen LogP contribution in [-0.2, 0) is 10.0 Å². The predicted octanol–water partition coefficient (Wildman–Crippen LogP) is 1.52. The van der Waals surface area contributed by atoms with Crippen molar-refractivity contribution in [1.82, 2.24) is 4.72 Å². The molecule has 0 aliphatic carbocycles. The molecule has 20 heavy (non-hydrogen) atoms. The predicted molar refractivity (Wildman–Crippen MR) is 78.5 cm³/mol. The van der Waals surface area contributed by atoms with Gasteiger partial charge in [-0.1, -0.05) is 26.8 Å². The smallest absolute Gasteiger partial charge is 0.241 e. The maximum atomic E-state index is 12.5. The van der Waals surface area contributed by atoms with Crippen LogP contribution >= 0.6 is 0 Å². The van der Waals surface area contributed by atoms with E-state index in [4.69, 9.17) is 11.0 Å². The fraction of sp³-hybridized carbons (Fsp3) is 0.500. The van der Waals surface area contributed by atoms with Crippen LogP contribution in [-0.4, -0.2) is 21.0 Å². The van der Waals surface area contributed by atoms with Crippen LogP contribution in [0.15, 0.2) is 23.1 Å². The third-order valence-corrected chi connectivity index (χ3v) is 4.80. The maximum absolute atomic E-state index is 12.5. The Bertz CT molecular complexity index is 625. The van der Waals surface area contributed by atoms with Gasteiger partial charge in [-0.25, -0.2) is 13.1 Å². The molecule has 1 atom stereocenters. The van der Waals surface area contributed by atoms with Crippen LogP contribution in [0.2, 0.25) is 0 Å². The van der Waals surface area contributed by atoms with E-state index in [1.54, 1.807) is 19.1 Å². The minimum atomic E-state index is -3.70. The summed E-state index contributed by atoms with van der Waals surface area (Å²) in [6, 6.07) is 6.18. The topological polar surface area (TPSA) is 96.0 Å². The molecule has 0 heterocycles. The summed E-state index contributed by atoms with van der Waals surface area (Å²) in [6.45, 7) is 7.67. The Morgan fingerprint density at radius 3 is 2.45 bits per heavy atom. The number of aryl methyl sites for hydroxylation is 1. The fourth-order valence-electron chi connectivity index (χ4n) is 1.79. The Morgan fingerprint density at radius 2 is 2.00 bits per heavy atom. The van der Waals surface area contributed by atoms with Crippen LogP contribution in [0, 0.1) is 23.7 Å². The van der Waals surface area contributed by atoms with Crippen LogP contribution in [0.5, 0.6) is 0 Å². The molecule has 0 aromatic heterocycles. The number of nitrogens with zero attached hydrogens (tertiary/aromatic N) is 1. The second kappa shape index (κ2) is 5.92. The van der Waals surface area contributed by atoms with Gasteiger partial charge in [-0.15, -0.1) is 0 Å². The van der Waals surface area contributed by atoms with Crippen LogP contribution in [0.1, 0.15) is 31.9 Å². The number of hydrogen-bond acceptors (Lipinski definition) is 4. The van der Waals surface area contributed by atoms with Crippen molar-refractivity contribution >= 4 is 10.0 Å². The molecule has 0 aliphatic rings. The quantitative estimate of drug-likeness (QED) is 0.880. The molecule has 0 spiro atoms. The molecule has 6 heteroatoms. The molecule has 3 N–H and O–H groups in total. The van der Waals surface area contributed by atoms with E-state index in [0.29, 0.717) is 11.1 Å². The zero-order valence-corrected chi connectivity index (χ0v) is 13.1. The summed E-state index contributed by atoms with van der Waals surface area (Å²) in [5, 5.41) is 8.89. The first kappa shape index (κ1) is 16.6. The molecular weight excluding hydrogens is 274 g/mol. The lowest BCUT2D eigenvalue weighted by Gasteiger charge is -2.30. The molecule has 0 saturated heterocycles. The van der Waals surface area contributed by atoms with E-state index in [9.17, 15) is 8.42 Å². The average Bonchev–Trinajstić information content (AvgIpc) is 2.35. The molecule has 110 valence electrons. The Kier molecular flexibility index (Phi) is 4.92. The summed E-state index contributed by atoms with van der Waals surface area (Å²) >= 11 is 0. The highest BCUT2D eigenvalue weighted by atomic mass is 32.2. The van der Waals surface area contributed by atoms with Gasteiger partial charge in [-0.3, -0.25) is 0 Å². The highest BCUT2D eigenvalue weighted by Gasteiger charge is 2.29. The highest BCUT2D eigenvalue weighted by molar-refractivity contribution is 7.89. The molecule has 5 nitrogen and oxygen atoms in total. The van der Waals surface area contributed by atoms with Crippen molar-refractivity contribution in [3.05, 3.63) is 29.3 Å². The standard InChI is InChI=1S/C14H21N3O2S/c1-10-5-6-11(8-15)7-12(10)20(18,19)17-13(9-16)14(2,3)4/h5-7,13,17H,9,16H2,1-4H3. The molecule has 0 amide bonds. The third kappa shape index (κ3) is 3.79. The first-order valence-electron chi connectivity index (χ1n) is 6.35. The summed E-state index contributed by atoms with van der Waals surface area (Å²) in [5.74, 6) is 0. The van der Waals surface area contributed by atoms with Gasteiger partial charge in [0.25, 0.3) is 0 Å². The van der Waals surface area contributed by atoms with Gasteiger partial charge in [0.2, 0.25) is 10.0 Å². The molecule has 1 aromatic rings. The van der Waals surface area contributed by atoms with E-state index < -0.39 is 10.0 Å². The second-order valence-electron chi connectivity index (χ2n) is 5.87. The van der Waals surface area contributed by atoms with E-state index in [-0.39, 0.29) is 22.9 Å². The Morgan fingerprint density at radius 1 is 1.40 bits per heavy atom. The lowest BCUT2D eigenvalue weighted by atomic mass is 9.88. The number of rotatable bonds is 4. The first-order valence-corrected chi connectivity index (χ1v) is 7.83. The monoisotopic (exact) mass is 295 g/mol. The van der Waals surface area contributed by atoms with Gasteiger partial charge in [-0.2, -0.15) is 5.26 Å². The van der Waals surface area contributed by atoms with Gasteiger partial charge in [0.1, 0.15) is 0 Å². The number of nitriles is 1. The average molecular weight is 295 g/mol. The molecule has 0 radical (unpaired) electrons. The van der Waals surface area contributed by atoms with Crippen molar-refractivity contribution < 1.29 is 8.42 Å². The van der Waals surface area contributed by atoms with Gasteiger partial charge in [0.15, 0.2) is 0 Å². The maximum Gasteiger partial charge on any atom is 0.241 e. The number of nitrogens with two attached hydrogens (primary N) is 1. The van der Waals surface area contributed by atoms with E-state index in [0.717, 1.165) is 0 Å². The minimum absolute atomic E-state index is 0.124. The lowest BCUT2D eigenvalue weighted by molar-refractivity contribution is 0.304. The van der Waals surface area contributed by atoms with E-state index in [1.807, 2.05) is 26.8 Å². The minimum Gasteiger partial charge on any atom is -0.329 e. The van der Waals surface area contributed by atoms with Crippen LogP contribution < -0.4 is 10.5 Å². The second-order valence-corrected chi connectivity index (χ2v) is 7.55. The summed E-state index contributed by atoms with van der Waals surface area (Å²) in [4.78, 5) is 0.124. The van der Waals surface area contributed by atoms with Crippen LogP contribution in [0.4, 0.5) is 0 Å². The third-order valence-electron chi connectivity index (χ3n) is 3.19. The van der Waals surface area contributed by atoms with Gasteiger partial charge < -0.3 is 5.73 Å². The van der Waals surface area contributed by atoms with Crippen LogP contribution in [0.25, 0.3) is 0 Å². The van der Waals surface area contributed by atoms with Gasteiger partial charge in [-0.05, 0) is 30.0 Å². The molecule has 0 aliphatic heterocycles. The Labute approximate surface area is 120 Å². The highest BCUT2D eigenvalue weighted by Crippen LogP contribution is 2.22. The Hall–Kier alpha value is -1.42. The molecule has 1 aromatic carbocycles. The number of nitrogens with one attached hydrogen (secondary N) is 1. The zero-order chi connectivity index (χ0) is 15.6. The van der Waals surface area contributed by atoms with Crippen molar-refractivity contribution in [3.8, 4) is 6.07 Å². The fourth-order valence-corrected chi connectivity index (χ4v) is 3.51. The van der Waals surface area contributed by atoms with E-state index in [1.165, 1.54) is 6.07 Å². The normalized spacial score (nSPS) is 13.8. The molecule has 1 rings (SSSR count). The number of hydrogen-bond donors (Lipinski definition) is 2. The number of sulfonamides is 1. The van der Waals surface area contributed by atoms with E-state index >= 15 is 0 Å². The largest absolute Gasteiger partial charge is 0.329 e. The molecule has 0 bridgehead atoms. The molecular formula is C14H21N3O2S. The Balaban J connectivity index is 3.21. The van der Waals surface area contributed by atoms with Crippen molar-refractivity contribution in [2.75, 3.05) is 6.54 Å². The van der Waals surface area contributed by atoms with Crippen LogP contribution in [0.3, 0.4) is 0 Å². The molecule has 0 fully saturated rings. The summed E-state index contributed by atoms with van der Waals surface area (Å²) in [6.07, 6.45) is 0. The van der Waals surface area contributed by atoms with Gasteiger partial charge in [0, 0.05) is 12.6 Å². The summed E-state index contributed by atoms with van der Waals surface area (Å²) in [5.41, 5.74) is 6.28. The SMILES string of the molecule is Cc1ccc(C#N)cc1S(=O)(=O)NC(CN)C(C)(C)C. The zero-order valence-electron chi connectivity index (χ0n) is 12.3. The summed E-state index contributed by atoms with van der Waals surface area (Å²) in [7, 11) is -3.70.